The summed E-state index contributed by atoms with van der Waals surface area (Å²) in [6.07, 6.45) is -0.147. The van der Waals surface area contributed by atoms with Crippen LogP contribution in [0.3, 0.4) is 0 Å². The number of nitrogens with zero attached hydrogens (tertiary/aromatic N) is 2. The summed E-state index contributed by atoms with van der Waals surface area (Å²) < 4.78 is 11.0. The van der Waals surface area contributed by atoms with Crippen molar-refractivity contribution in [3.8, 4) is 5.75 Å². The van der Waals surface area contributed by atoms with Crippen LogP contribution in [0.4, 0.5) is 11.4 Å². The normalized spacial score (nSPS) is 16.3. The average molecular weight is 371 g/mol. The van der Waals surface area contributed by atoms with Crippen LogP contribution in [0.15, 0.2) is 22.7 Å². The van der Waals surface area contributed by atoms with Crippen molar-refractivity contribution in [2.75, 3.05) is 10.2 Å². The standard InChI is InChI=1S/C20H25N3O4/c1-11(2)8-19(24)21-15-6-7-18-17(9-15)23(20(25)14(5)26-18)10-16-12(3)22-27-13(16)4/h6-7,9,11,14H,8,10H2,1-5H3,(H,21,24). The van der Waals surface area contributed by atoms with Gasteiger partial charge < -0.3 is 19.5 Å². The smallest absolute Gasteiger partial charge is 0.268 e. The molecule has 7 nitrogen and oxygen atoms in total. The first-order valence-electron chi connectivity index (χ1n) is 9.10. The van der Waals surface area contributed by atoms with Crippen molar-refractivity contribution in [1.29, 1.82) is 0 Å². The van der Waals surface area contributed by atoms with Gasteiger partial charge >= 0.3 is 0 Å². The fourth-order valence-electron chi connectivity index (χ4n) is 3.12. The molecule has 7 heteroatoms. The minimum absolute atomic E-state index is 0.0568. The maximum absolute atomic E-state index is 12.8. The maximum Gasteiger partial charge on any atom is 0.268 e. The van der Waals surface area contributed by atoms with Crippen LogP contribution in [-0.2, 0) is 16.1 Å². The van der Waals surface area contributed by atoms with Gasteiger partial charge in [-0.1, -0.05) is 19.0 Å². The molecule has 1 N–H and O–H groups in total. The Morgan fingerprint density at radius 3 is 2.70 bits per heavy atom. The lowest BCUT2D eigenvalue weighted by molar-refractivity contribution is -0.125. The molecule has 27 heavy (non-hydrogen) atoms. The summed E-state index contributed by atoms with van der Waals surface area (Å²) >= 11 is 0. The van der Waals surface area contributed by atoms with E-state index in [1.807, 2.05) is 27.7 Å². The van der Waals surface area contributed by atoms with Crippen molar-refractivity contribution < 1.29 is 18.8 Å². The van der Waals surface area contributed by atoms with E-state index < -0.39 is 6.10 Å². The summed E-state index contributed by atoms with van der Waals surface area (Å²) in [5.74, 6) is 1.36. The Labute approximate surface area is 158 Å². The summed E-state index contributed by atoms with van der Waals surface area (Å²) in [5.41, 5.74) is 2.88. The Kier molecular flexibility index (Phi) is 5.21. The number of fused-ring (bicyclic) bond motifs is 1. The minimum atomic E-state index is -0.584. The highest BCUT2D eigenvalue weighted by atomic mass is 16.5. The zero-order valence-corrected chi connectivity index (χ0v) is 16.3. The van der Waals surface area contributed by atoms with Gasteiger partial charge in [-0.15, -0.1) is 0 Å². The largest absolute Gasteiger partial charge is 0.479 e. The predicted molar refractivity (Wildman–Crippen MR) is 102 cm³/mol. The number of benzene rings is 1. The second kappa shape index (κ2) is 7.42. The number of amides is 2. The first kappa shape index (κ1) is 18.9. The number of rotatable bonds is 5. The predicted octanol–water partition coefficient (Wildman–Crippen LogP) is 3.59. The van der Waals surface area contributed by atoms with Gasteiger partial charge in [-0.2, -0.15) is 0 Å². The quantitative estimate of drug-likeness (QED) is 0.868. The molecule has 0 saturated carbocycles. The van der Waals surface area contributed by atoms with Crippen molar-refractivity contribution in [1.82, 2.24) is 5.16 Å². The first-order valence-corrected chi connectivity index (χ1v) is 9.10. The van der Waals surface area contributed by atoms with Crippen LogP contribution in [0.1, 0.15) is 44.2 Å². The first-order chi connectivity index (χ1) is 12.8. The van der Waals surface area contributed by atoms with Crippen LogP contribution in [0.25, 0.3) is 0 Å². The number of anilines is 2. The summed E-state index contributed by atoms with van der Waals surface area (Å²) in [6, 6.07) is 5.34. The molecule has 2 heterocycles. The second-order valence-corrected chi connectivity index (χ2v) is 7.32. The lowest BCUT2D eigenvalue weighted by Gasteiger charge is -2.33. The number of nitrogens with one attached hydrogen (secondary N) is 1. The molecule has 0 spiro atoms. The van der Waals surface area contributed by atoms with Crippen molar-refractivity contribution >= 4 is 23.2 Å². The third-order valence-corrected chi connectivity index (χ3v) is 4.54. The molecule has 2 aromatic rings. The number of ether oxygens (including phenoxy) is 1. The fourth-order valence-corrected chi connectivity index (χ4v) is 3.12. The van der Waals surface area contributed by atoms with Crippen molar-refractivity contribution in [2.24, 2.45) is 5.92 Å². The van der Waals surface area contributed by atoms with Gasteiger partial charge in [0.05, 0.1) is 17.9 Å². The Morgan fingerprint density at radius 2 is 2.07 bits per heavy atom. The molecular formula is C20H25N3O4. The van der Waals surface area contributed by atoms with E-state index in [4.69, 9.17) is 9.26 Å². The van der Waals surface area contributed by atoms with E-state index in [-0.39, 0.29) is 17.7 Å². The molecule has 1 aliphatic rings. The summed E-state index contributed by atoms with van der Waals surface area (Å²) in [5, 5.41) is 6.85. The van der Waals surface area contributed by atoms with Crippen molar-refractivity contribution in [2.45, 2.75) is 53.7 Å². The van der Waals surface area contributed by atoms with E-state index in [1.54, 1.807) is 30.0 Å². The maximum atomic E-state index is 12.8. The Balaban J connectivity index is 1.92. The molecule has 1 atom stereocenters. The van der Waals surface area contributed by atoms with Gasteiger partial charge in [0.2, 0.25) is 5.91 Å². The third-order valence-electron chi connectivity index (χ3n) is 4.54. The molecule has 0 aliphatic carbocycles. The molecule has 144 valence electrons. The molecule has 0 bridgehead atoms. The minimum Gasteiger partial charge on any atom is -0.479 e. The topological polar surface area (TPSA) is 84.7 Å². The van der Waals surface area contributed by atoms with Gasteiger partial charge in [0.25, 0.3) is 5.91 Å². The molecule has 1 aromatic heterocycles. The van der Waals surface area contributed by atoms with Crippen LogP contribution >= 0.6 is 0 Å². The number of hydrogen-bond acceptors (Lipinski definition) is 5. The fraction of sp³-hybridized carbons (Fsp3) is 0.450. The van der Waals surface area contributed by atoms with Crippen LogP contribution < -0.4 is 15.0 Å². The van der Waals surface area contributed by atoms with E-state index >= 15 is 0 Å². The van der Waals surface area contributed by atoms with E-state index in [9.17, 15) is 9.59 Å². The van der Waals surface area contributed by atoms with Crippen LogP contribution in [0.2, 0.25) is 0 Å². The van der Waals surface area contributed by atoms with Crippen LogP contribution in [0.5, 0.6) is 5.75 Å². The second-order valence-electron chi connectivity index (χ2n) is 7.32. The Bertz CT molecular complexity index is 853. The molecule has 1 aromatic carbocycles. The van der Waals surface area contributed by atoms with Crippen LogP contribution in [0, 0.1) is 19.8 Å². The van der Waals surface area contributed by atoms with E-state index in [1.165, 1.54) is 0 Å². The van der Waals surface area contributed by atoms with E-state index in [0.29, 0.717) is 35.9 Å². The Hall–Kier alpha value is -2.83. The van der Waals surface area contributed by atoms with E-state index in [0.717, 1.165) is 11.3 Å². The highest BCUT2D eigenvalue weighted by Gasteiger charge is 2.33. The molecule has 0 radical (unpaired) electrons. The van der Waals surface area contributed by atoms with Crippen LogP contribution in [-0.4, -0.2) is 23.1 Å². The molecule has 1 aliphatic heterocycles. The number of carbonyl (C=O) groups excluding carboxylic acids is 2. The summed E-state index contributed by atoms with van der Waals surface area (Å²) in [7, 11) is 0. The average Bonchev–Trinajstić information content (AvgIpc) is 2.90. The van der Waals surface area contributed by atoms with Gasteiger partial charge in [-0.05, 0) is 44.9 Å². The SMILES string of the molecule is Cc1noc(C)c1CN1C(=O)C(C)Oc2ccc(NC(=O)CC(C)C)cc21. The molecule has 0 fully saturated rings. The number of aryl methyl sites for hydroxylation is 2. The van der Waals surface area contributed by atoms with Gasteiger partial charge in [0.15, 0.2) is 6.10 Å². The summed E-state index contributed by atoms with van der Waals surface area (Å²) in [4.78, 5) is 26.5. The monoisotopic (exact) mass is 371 g/mol. The lowest BCUT2D eigenvalue weighted by Crippen LogP contribution is -2.44. The summed E-state index contributed by atoms with van der Waals surface area (Å²) in [6.45, 7) is 9.72. The lowest BCUT2D eigenvalue weighted by atomic mass is 10.1. The molecular weight excluding hydrogens is 346 g/mol. The van der Waals surface area contributed by atoms with Crippen molar-refractivity contribution in [3.05, 3.63) is 35.2 Å². The molecule has 3 rings (SSSR count). The Morgan fingerprint density at radius 1 is 1.33 bits per heavy atom. The molecule has 2 amide bonds. The molecule has 0 saturated heterocycles. The number of aromatic nitrogens is 1. The van der Waals surface area contributed by atoms with Gasteiger partial charge in [0, 0.05) is 17.7 Å². The van der Waals surface area contributed by atoms with Gasteiger partial charge in [-0.3, -0.25) is 9.59 Å². The number of hydrogen-bond donors (Lipinski definition) is 1. The zero-order valence-electron chi connectivity index (χ0n) is 16.3. The molecule has 1 unspecified atom stereocenters. The van der Waals surface area contributed by atoms with E-state index in [2.05, 4.69) is 10.5 Å². The van der Waals surface area contributed by atoms with Crippen molar-refractivity contribution in [3.63, 3.8) is 0 Å². The van der Waals surface area contributed by atoms with Gasteiger partial charge in [0.1, 0.15) is 11.5 Å². The zero-order chi connectivity index (χ0) is 19.7. The third kappa shape index (κ3) is 3.97. The highest BCUT2D eigenvalue weighted by molar-refractivity contribution is 6.01. The number of carbonyl (C=O) groups is 2. The van der Waals surface area contributed by atoms with Gasteiger partial charge in [-0.25, -0.2) is 0 Å². The highest BCUT2D eigenvalue weighted by Crippen LogP contribution is 2.37.